The summed E-state index contributed by atoms with van der Waals surface area (Å²) in [6, 6.07) is 10.1. The molecule has 2 atom stereocenters. The van der Waals surface area contributed by atoms with Crippen molar-refractivity contribution >= 4 is 5.91 Å². The fourth-order valence-electron chi connectivity index (χ4n) is 2.93. The second-order valence-corrected chi connectivity index (χ2v) is 5.64. The van der Waals surface area contributed by atoms with Crippen LogP contribution in [0.1, 0.15) is 26.3 Å². The molecule has 0 spiro atoms. The maximum atomic E-state index is 12.6. The van der Waals surface area contributed by atoms with Gasteiger partial charge in [-0.3, -0.25) is 10.1 Å². The molecular weight excluding hydrogens is 262 g/mol. The molecule has 4 heteroatoms. The molecule has 1 amide bonds. The first kappa shape index (κ1) is 16.0. The number of amides is 1. The van der Waals surface area contributed by atoms with Crippen LogP contribution in [-0.4, -0.2) is 54.1 Å². The van der Waals surface area contributed by atoms with Crippen molar-refractivity contribution in [3.63, 3.8) is 0 Å². The number of likely N-dealkylation sites (N-methyl/N-ethyl adjacent to an activating group) is 1. The van der Waals surface area contributed by atoms with Crippen molar-refractivity contribution < 1.29 is 4.79 Å². The highest BCUT2D eigenvalue weighted by molar-refractivity contribution is 5.84. The summed E-state index contributed by atoms with van der Waals surface area (Å²) in [5.74, 6) is 0.235. The van der Waals surface area contributed by atoms with Crippen molar-refractivity contribution in [2.45, 2.75) is 39.4 Å². The van der Waals surface area contributed by atoms with Gasteiger partial charge in [-0.2, -0.15) is 0 Å². The number of benzene rings is 1. The third kappa shape index (κ3) is 4.05. The summed E-state index contributed by atoms with van der Waals surface area (Å²) in [6.45, 7) is 10.2. The largest absolute Gasteiger partial charge is 0.325 e. The predicted molar refractivity (Wildman–Crippen MR) is 86.0 cm³/mol. The van der Waals surface area contributed by atoms with Gasteiger partial charge in [0.05, 0.1) is 12.2 Å². The first-order chi connectivity index (χ1) is 10.2. The minimum atomic E-state index is -0.0842. The SMILES string of the molecule is CCN(CC)CCN1C(=O)C(Cc2ccccc2)NC1C. The number of nitrogens with one attached hydrogen (secondary N) is 1. The lowest BCUT2D eigenvalue weighted by molar-refractivity contribution is -0.130. The van der Waals surface area contributed by atoms with Crippen LogP contribution in [0.25, 0.3) is 0 Å². The molecule has 2 unspecified atom stereocenters. The van der Waals surface area contributed by atoms with E-state index in [1.807, 2.05) is 23.1 Å². The van der Waals surface area contributed by atoms with E-state index < -0.39 is 0 Å². The van der Waals surface area contributed by atoms with Gasteiger partial charge in [0, 0.05) is 13.1 Å². The Morgan fingerprint density at radius 3 is 2.48 bits per heavy atom. The van der Waals surface area contributed by atoms with Gasteiger partial charge in [0.15, 0.2) is 0 Å². The maximum absolute atomic E-state index is 12.6. The van der Waals surface area contributed by atoms with Gasteiger partial charge in [0.1, 0.15) is 0 Å². The second kappa shape index (κ2) is 7.57. The summed E-state index contributed by atoms with van der Waals surface area (Å²) < 4.78 is 0. The molecule has 1 aliphatic rings. The van der Waals surface area contributed by atoms with Crippen molar-refractivity contribution in [1.82, 2.24) is 15.1 Å². The van der Waals surface area contributed by atoms with Gasteiger partial charge in [-0.15, -0.1) is 0 Å². The van der Waals surface area contributed by atoms with Crippen LogP contribution in [0.2, 0.25) is 0 Å². The van der Waals surface area contributed by atoms with Crippen LogP contribution in [0, 0.1) is 0 Å². The van der Waals surface area contributed by atoms with E-state index in [-0.39, 0.29) is 18.1 Å². The number of nitrogens with zero attached hydrogens (tertiary/aromatic N) is 2. The lowest BCUT2D eigenvalue weighted by atomic mass is 10.1. The number of carbonyl (C=O) groups is 1. The molecule has 1 fully saturated rings. The molecule has 1 aliphatic heterocycles. The highest BCUT2D eigenvalue weighted by Gasteiger charge is 2.35. The van der Waals surface area contributed by atoms with E-state index in [2.05, 4.69) is 43.1 Å². The molecule has 1 saturated heterocycles. The Bertz CT molecular complexity index is 445. The number of carbonyl (C=O) groups excluding carboxylic acids is 1. The molecule has 21 heavy (non-hydrogen) atoms. The third-order valence-corrected chi connectivity index (χ3v) is 4.33. The molecule has 4 nitrogen and oxygen atoms in total. The smallest absolute Gasteiger partial charge is 0.241 e. The van der Waals surface area contributed by atoms with Crippen LogP contribution in [0.5, 0.6) is 0 Å². The second-order valence-electron chi connectivity index (χ2n) is 5.64. The molecular formula is C17H27N3O. The van der Waals surface area contributed by atoms with Gasteiger partial charge in [0.25, 0.3) is 0 Å². The summed E-state index contributed by atoms with van der Waals surface area (Å²) in [7, 11) is 0. The summed E-state index contributed by atoms with van der Waals surface area (Å²) >= 11 is 0. The van der Waals surface area contributed by atoms with Gasteiger partial charge in [-0.05, 0) is 32.0 Å². The highest BCUT2D eigenvalue weighted by Crippen LogP contribution is 2.14. The summed E-state index contributed by atoms with van der Waals surface area (Å²) in [4.78, 5) is 16.9. The van der Waals surface area contributed by atoms with Crippen LogP contribution < -0.4 is 5.32 Å². The minimum Gasteiger partial charge on any atom is -0.325 e. The van der Waals surface area contributed by atoms with Crippen LogP contribution in [0.15, 0.2) is 30.3 Å². The molecule has 0 bridgehead atoms. The zero-order valence-corrected chi connectivity index (χ0v) is 13.4. The fraction of sp³-hybridized carbons (Fsp3) is 0.588. The summed E-state index contributed by atoms with van der Waals surface area (Å²) in [6.07, 6.45) is 0.896. The lowest BCUT2D eigenvalue weighted by Crippen LogP contribution is -2.40. The quantitative estimate of drug-likeness (QED) is 0.830. The predicted octanol–water partition coefficient (Wildman–Crippen LogP) is 1.72. The van der Waals surface area contributed by atoms with Crippen LogP contribution >= 0.6 is 0 Å². The molecule has 2 rings (SSSR count). The average Bonchev–Trinajstić information content (AvgIpc) is 2.76. The van der Waals surface area contributed by atoms with Crippen molar-refractivity contribution in [3.05, 3.63) is 35.9 Å². The maximum Gasteiger partial charge on any atom is 0.241 e. The standard InChI is InChI=1S/C17H27N3O/c1-4-19(5-2)11-12-20-14(3)18-16(17(20)21)13-15-9-7-6-8-10-15/h6-10,14,16,18H,4-5,11-13H2,1-3H3. The van der Waals surface area contributed by atoms with E-state index in [9.17, 15) is 4.79 Å². The summed E-state index contributed by atoms with van der Waals surface area (Å²) in [5, 5.41) is 3.42. The topological polar surface area (TPSA) is 35.6 Å². The average molecular weight is 289 g/mol. The summed E-state index contributed by atoms with van der Waals surface area (Å²) in [5.41, 5.74) is 1.21. The van der Waals surface area contributed by atoms with E-state index >= 15 is 0 Å². The van der Waals surface area contributed by atoms with Gasteiger partial charge < -0.3 is 9.80 Å². The van der Waals surface area contributed by atoms with E-state index in [4.69, 9.17) is 0 Å². The third-order valence-electron chi connectivity index (χ3n) is 4.33. The van der Waals surface area contributed by atoms with E-state index in [0.717, 1.165) is 32.6 Å². The van der Waals surface area contributed by atoms with Crippen LogP contribution in [-0.2, 0) is 11.2 Å². The van der Waals surface area contributed by atoms with Crippen molar-refractivity contribution in [2.75, 3.05) is 26.2 Å². The van der Waals surface area contributed by atoms with Crippen LogP contribution in [0.4, 0.5) is 0 Å². The molecule has 0 aromatic heterocycles. The van der Waals surface area contributed by atoms with E-state index in [0.29, 0.717) is 0 Å². The molecule has 116 valence electrons. The zero-order valence-electron chi connectivity index (χ0n) is 13.4. The van der Waals surface area contributed by atoms with Crippen molar-refractivity contribution in [1.29, 1.82) is 0 Å². The minimum absolute atomic E-state index is 0.0842. The number of hydrogen-bond donors (Lipinski definition) is 1. The zero-order chi connectivity index (χ0) is 15.2. The molecule has 1 heterocycles. The van der Waals surface area contributed by atoms with Gasteiger partial charge >= 0.3 is 0 Å². The highest BCUT2D eigenvalue weighted by atomic mass is 16.2. The van der Waals surface area contributed by atoms with Crippen LogP contribution in [0.3, 0.4) is 0 Å². The Morgan fingerprint density at radius 2 is 1.86 bits per heavy atom. The van der Waals surface area contributed by atoms with E-state index in [1.165, 1.54) is 5.56 Å². The van der Waals surface area contributed by atoms with E-state index in [1.54, 1.807) is 0 Å². The Hall–Kier alpha value is -1.39. The Labute approximate surface area is 128 Å². The molecule has 1 aromatic carbocycles. The first-order valence-corrected chi connectivity index (χ1v) is 7.98. The fourth-order valence-corrected chi connectivity index (χ4v) is 2.93. The lowest BCUT2D eigenvalue weighted by Gasteiger charge is -2.25. The Balaban J connectivity index is 1.92. The van der Waals surface area contributed by atoms with Gasteiger partial charge in [0.2, 0.25) is 5.91 Å². The Morgan fingerprint density at radius 1 is 1.19 bits per heavy atom. The number of hydrogen-bond acceptors (Lipinski definition) is 3. The normalized spacial score (nSPS) is 22.3. The first-order valence-electron chi connectivity index (χ1n) is 7.98. The molecule has 1 N–H and O–H groups in total. The Kier molecular flexibility index (Phi) is 5.76. The monoisotopic (exact) mass is 289 g/mol. The molecule has 0 saturated carbocycles. The molecule has 0 radical (unpaired) electrons. The van der Waals surface area contributed by atoms with Gasteiger partial charge in [-0.25, -0.2) is 0 Å². The van der Waals surface area contributed by atoms with Crippen molar-refractivity contribution in [2.24, 2.45) is 0 Å². The number of rotatable bonds is 7. The molecule has 0 aliphatic carbocycles. The van der Waals surface area contributed by atoms with Gasteiger partial charge in [-0.1, -0.05) is 44.2 Å². The van der Waals surface area contributed by atoms with Crippen molar-refractivity contribution in [3.8, 4) is 0 Å². The molecule has 1 aromatic rings.